The molecule has 5 heteroatoms. The van der Waals surface area contributed by atoms with E-state index < -0.39 is 5.60 Å². The maximum atomic E-state index is 12.2. The zero-order chi connectivity index (χ0) is 17.3. The van der Waals surface area contributed by atoms with E-state index in [0.717, 1.165) is 43.1 Å². The molecule has 2 aliphatic rings. The molecule has 1 aromatic rings. The van der Waals surface area contributed by atoms with Gasteiger partial charge < -0.3 is 15.0 Å². The molecule has 2 atom stereocenters. The van der Waals surface area contributed by atoms with Crippen LogP contribution >= 0.6 is 11.6 Å². The van der Waals surface area contributed by atoms with E-state index in [4.69, 9.17) is 16.3 Å². The normalized spacial score (nSPS) is 26.5. The van der Waals surface area contributed by atoms with Crippen LogP contribution in [0.2, 0.25) is 5.02 Å². The number of rotatable bonds is 3. The fourth-order valence-electron chi connectivity index (χ4n) is 3.84. The van der Waals surface area contributed by atoms with Gasteiger partial charge in [0.25, 0.3) is 0 Å². The summed E-state index contributed by atoms with van der Waals surface area (Å²) < 4.78 is 5.49. The minimum atomic E-state index is -0.423. The average Bonchev–Trinajstić information content (AvgIpc) is 3.03. The summed E-state index contributed by atoms with van der Waals surface area (Å²) >= 11 is 6.21. The number of hydrogen-bond acceptors (Lipinski definition) is 3. The van der Waals surface area contributed by atoms with E-state index in [-0.39, 0.29) is 6.09 Å². The highest BCUT2D eigenvalue weighted by molar-refractivity contribution is 6.31. The summed E-state index contributed by atoms with van der Waals surface area (Å²) in [6, 6.07) is 8.48. The lowest BCUT2D eigenvalue weighted by Crippen LogP contribution is -2.37. The number of likely N-dealkylation sites (tertiary alicyclic amines) is 1. The van der Waals surface area contributed by atoms with E-state index in [1.807, 2.05) is 43.9 Å². The highest BCUT2D eigenvalue weighted by atomic mass is 35.5. The predicted molar refractivity (Wildman–Crippen MR) is 96.1 cm³/mol. The van der Waals surface area contributed by atoms with Gasteiger partial charge in [-0.15, -0.1) is 0 Å². The lowest BCUT2D eigenvalue weighted by atomic mass is 10.0. The molecular formula is C19H27ClN2O2. The van der Waals surface area contributed by atoms with Crippen LogP contribution < -0.4 is 5.32 Å². The molecule has 1 heterocycles. The van der Waals surface area contributed by atoms with Gasteiger partial charge in [0.15, 0.2) is 0 Å². The molecular weight excluding hydrogens is 324 g/mol. The third-order valence-electron chi connectivity index (χ3n) is 4.94. The molecule has 24 heavy (non-hydrogen) atoms. The quantitative estimate of drug-likeness (QED) is 0.893. The topological polar surface area (TPSA) is 41.6 Å². The molecule has 1 aliphatic carbocycles. The SMILES string of the molecule is CC(C)(C)OC(=O)N1CC2CC(NCc3ccccc3Cl)CC2C1. The number of nitrogens with one attached hydrogen (secondary N) is 1. The zero-order valence-corrected chi connectivity index (χ0v) is 15.5. The number of benzene rings is 1. The molecule has 0 aromatic heterocycles. The van der Waals surface area contributed by atoms with Gasteiger partial charge in [-0.3, -0.25) is 0 Å². The van der Waals surface area contributed by atoms with Crippen molar-refractivity contribution < 1.29 is 9.53 Å². The number of amides is 1. The first-order valence-corrected chi connectivity index (χ1v) is 9.14. The largest absolute Gasteiger partial charge is 0.444 e. The number of fused-ring (bicyclic) bond motifs is 1. The second kappa shape index (κ2) is 6.93. The van der Waals surface area contributed by atoms with Crippen molar-refractivity contribution in [2.24, 2.45) is 11.8 Å². The second-order valence-electron chi connectivity index (χ2n) is 8.05. The van der Waals surface area contributed by atoms with Crippen LogP contribution in [-0.4, -0.2) is 35.7 Å². The first-order valence-electron chi connectivity index (χ1n) is 8.76. The van der Waals surface area contributed by atoms with Crippen LogP contribution in [0.1, 0.15) is 39.2 Å². The molecule has 1 aromatic carbocycles. The summed E-state index contributed by atoms with van der Waals surface area (Å²) in [5.74, 6) is 1.17. The van der Waals surface area contributed by atoms with E-state index in [1.165, 1.54) is 0 Å². The van der Waals surface area contributed by atoms with Crippen molar-refractivity contribution in [3.8, 4) is 0 Å². The lowest BCUT2D eigenvalue weighted by Gasteiger charge is -2.25. The monoisotopic (exact) mass is 350 g/mol. The van der Waals surface area contributed by atoms with Crippen molar-refractivity contribution >= 4 is 17.7 Å². The lowest BCUT2D eigenvalue weighted by molar-refractivity contribution is 0.0279. The molecule has 3 rings (SSSR count). The van der Waals surface area contributed by atoms with Crippen LogP contribution in [0, 0.1) is 11.8 Å². The summed E-state index contributed by atoms with van der Waals surface area (Å²) in [4.78, 5) is 14.1. The number of ether oxygens (including phenoxy) is 1. The molecule has 2 fully saturated rings. The Morgan fingerprint density at radius 3 is 2.46 bits per heavy atom. The van der Waals surface area contributed by atoms with Crippen molar-refractivity contribution in [2.45, 2.75) is 51.8 Å². The Labute approximate surface area is 149 Å². The molecule has 2 unspecified atom stereocenters. The Morgan fingerprint density at radius 1 is 1.25 bits per heavy atom. The Balaban J connectivity index is 1.47. The number of halogens is 1. The molecule has 4 nitrogen and oxygen atoms in total. The molecule has 1 amide bonds. The number of nitrogens with zero attached hydrogens (tertiary/aromatic N) is 1. The van der Waals surface area contributed by atoms with Gasteiger partial charge in [0.1, 0.15) is 5.60 Å². The molecule has 1 saturated heterocycles. The molecule has 1 N–H and O–H groups in total. The average molecular weight is 351 g/mol. The van der Waals surface area contributed by atoms with Crippen LogP contribution in [0.3, 0.4) is 0 Å². The van der Waals surface area contributed by atoms with Crippen molar-refractivity contribution in [2.75, 3.05) is 13.1 Å². The van der Waals surface area contributed by atoms with Gasteiger partial charge in [-0.2, -0.15) is 0 Å². The number of hydrogen-bond donors (Lipinski definition) is 1. The molecule has 132 valence electrons. The van der Waals surface area contributed by atoms with Gasteiger partial charge in [0, 0.05) is 30.7 Å². The first-order chi connectivity index (χ1) is 11.3. The van der Waals surface area contributed by atoms with Crippen LogP contribution in [0.5, 0.6) is 0 Å². The van der Waals surface area contributed by atoms with E-state index in [0.29, 0.717) is 17.9 Å². The van der Waals surface area contributed by atoms with Crippen LogP contribution in [-0.2, 0) is 11.3 Å². The Hall–Kier alpha value is -1.26. The predicted octanol–water partition coefficient (Wildman–Crippen LogP) is 4.08. The van der Waals surface area contributed by atoms with Gasteiger partial charge in [-0.05, 0) is 57.1 Å². The van der Waals surface area contributed by atoms with Crippen molar-refractivity contribution in [1.82, 2.24) is 10.2 Å². The minimum absolute atomic E-state index is 0.169. The van der Waals surface area contributed by atoms with Gasteiger partial charge in [-0.25, -0.2) is 4.79 Å². The fraction of sp³-hybridized carbons (Fsp3) is 0.632. The minimum Gasteiger partial charge on any atom is -0.444 e. The zero-order valence-electron chi connectivity index (χ0n) is 14.7. The maximum Gasteiger partial charge on any atom is 0.410 e. The molecule has 0 spiro atoms. The molecule has 1 saturated carbocycles. The second-order valence-corrected chi connectivity index (χ2v) is 8.45. The Bertz CT molecular complexity index is 585. The van der Waals surface area contributed by atoms with Crippen LogP contribution in [0.25, 0.3) is 0 Å². The van der Waals surface area contributed by atoms with Gasteiger partial charge in [0.2, 0.25) is 0 Å². The summed E-state index contributed by atoms with van der Waals surface area (Å²) in [6.07, 6.45) is 2.07. The van der Waals surface area contributed by atoms with Crippen molar-refractivity contribution in [3.05, 3.63) is 34.9 Å². The van der Waals surface area contributed by atoms with Gasteiger partial charge in [-0.1, -0.05) is 29.8 Å². The summed E-state index contributed by atoms with van der Waals surface area (Å²) in [7, 11) is 0. The van der Waals surface area contributed by atoms with E-state index in [1.54, 1.807) is 0 Å². The highest BCUT2D eigenvalue weighted by Gasteiger charge is 2.43. The number of carbonyl (C=O) groups is 1. The standard InChI is InChI=1S/C19H27ClN2O2/c1-19(2,3)24-18(23)22-11-14-8-16(9-15(14)12-22)21-10-13-6-4-5-7-17(13)20/h4-7,14-16,21H,8-12H2,1-3H3. The fourth-order valence-corrected chi connectivity index (χ4v) is 4.04. The summed E-state index contributed by atoms with van der Waals surface area (Å²) in [5, 5.41) is 4.45. The van der Waals surface area contributed by atoms with Crippen molar-refractivity contribution in [3.63, 3.8) is 0 Å². The van der Waals surface area contributed by atoms with E-state index >= 15 is 0 Å². The first kappa shape index (κ1) is 17.6. The Morgan fingerprint density at radius 2 is 1.88 bits per heavy atom. The summed E-state index contributed by atoms with van der Waals surface area (Å²) in [5.41, 5.74) is 0.722. The third kappa shape index (κ3) is 4.22. The molecule has 0 radical (unpaired) electrons. The smallest absolute Gasteiger partial charge is 0.410 e. The number of carbonyl (C=O) groups excluding carboxylic acids is 1. The summed E-state index contributed by atoms with van der Waals surface area (Å²) in [6.45, 7) is 8.19. The third-order valence-corrected chi connectivity index (χ3v) is 5.31. The molecule has 1 aliphatic heterocycles. The van der Waals surface area contributed by atoms with Gasteiger partial charge in [0.05, 0.1) is 0 Å². The Kier molecular flexibility index (Phi) is 5.07. The van der Waals surface area contributed by atoms with E-state index in [9.17, 15) is 4.79 Å². The van der Waals surface area contributed by atoms with Crippen molar-refractivity contribution in [1.29, 1.82) is 0 Å². The molecule has 0 bridgehead atoms. The van der Waals surface area contributed by atoms with Gasteiger partial charge >= 0.3 is 6.09 Å². The van der Waals surface area contributed by atoms with E-state index in [2.05, 4.69) is 11.4 Å². The highest BCUT2D eigenvalue weighted by Crippen LogP contribution is 2.38. The van der Waals surface area contributed by atoms with Crippen LogP contribution in [0.4, 0.5) is 4.79 Å². The van der Waals surface area contributed by atoms with Crippen LogP contribution in [0.15, 0.2) is 24.3 Å². The maximum absolute atomic E-state index is 12.2.